The average Bonchev–Trinajstić information content (AvgIpc) is 3.14. The first-order valence-electron chi connectivity index (χ1n) is 11.4. The number of hydrogen-bond acceptors (Lipinski definition) is 5. The number of likely N-dealkylation sites (N-methyl/N-ethyl adjacent to an activating group) is 1. The normalized spacial score (nSPS) is 15.7. The fraction of sp³-hybridized carbons (Fsp3) is 0.214. The van der Waals surface area contributed by atoms with Gasteiger partial charge in [0.05, 0.1) is 21.3 Å². The maximum Gasteiger partial charge on any atom is 0.266 e. The zero-order valence-electron chi connectivity index (χ0n) is 20.5. The van der Waals surface area contributed by atoms with E-state index in [2.05, 4.69) is 50.7 Å². The van der Waals surface area contributed by atoms with Gasteiger partial charge in [-0.2, -0.15) is 0 Å². The van der Waals surface area contributed by atoms with Gasteiger partial charge in [0.1, 0.15) is 6.61 Å². The van der Waals surface area contributed by atoms with E-state index < -0.39 is 0 Å². The molecule has 1 heterocycles. The third-order valence-electron chi connectivity index (χ3n) is 5.63. The van der Waals surface area contributed by atoms with Gasteiger partial charge in [-0.1, -0.05) is 40.2 Å². The minimum absolute atomic E-state index is 0.0453. The van der Waals surface area contributed by atoms with Crippen LogP contribution in [-0.4, -0.2) is 29.6 Å². The lowest BCUT2D eigenvalue weighted by atomic mass is 10.1. The molecule has 0 unspecified atom stereocenters. The van der Waals surface area contributed by atoms with Gasteiger partial charge < -0.3 is 9.47 Å². The lowest BCUT2D eigenvalue weighted by Gasteiger charge is -2.14. The summed E-state index contributed by atoms with van der Waals surface area (Å²) in [7, 11) is 1.62. The van der Waals surface area contributed by atoms with Crippen LogP contribution in [0.4, 0.5) is 5.69 Å². The predicted molar refractivity (Wildman–Crippen MR) is 160 cm³/mol. The number of ether oxygens (including phenoxy) is 2. The van der Waals surface area contributed by atoms with E-state index in [0.29, 0.717) is 34.7 Å². The molecule has 8 heteroatoms. The molecule has 0 aliphatic carbocycles. The van der Waals surface area contributed by atoms with Gasteiger partial charge in [0.2, 0.25) is 0 Å². The summed E-state index contributed by atoms with van der Waals surface area (Å²) in [4.78, 5) is 20.4. The van der Waals surface area contributed by atoms with Crippen LogP contribution in [-0.2, 0) is 11.4 Å². The molecule has 36 heavy (non-hydrogen) atoms. The molecule has 4 rings (SSSR count). The average molecular weight is 677 g/mol. The highest BCUT2D eigenvalue weighted by molar-refractivity contribution is 14.1. The lowest BCUT2D eigenvalue weighted by Crippen LogP contribution is -2.28. The first kappa shape index (κ1) is 26.8. The van der Waals surface area contributed by atoms with Gasteiger partial charge in [-0.15, -0.1) is 0 Å². The Morgan fingerprint density at radius 3 is 2.56 bits per heavy atom. The number of aryl methyl sites for hydroxylation is 2. The Morgan fingerprint density at radius 1 is 1.11 bits per heavy atom. The molecule has 3 aromatic carbocycles. The number of amides is 1. The summed E-state index contributed by atoms with van der Waals surface area (Å²) in [5.74, 6) is 1.26. The number of carbonyl (C=O) groups is 1. The lowest BCUT2D eigenvalue weighted by molar-refractivity contribution is -0.122. The van der Waals surface area contributed by atoms with Gasteiger partial charge in [0.15, 0.2) is 16.7 Å². The number of nitrogens with zero attached hydrogens (tertiary/aromatic N) is 2. The summed E-state index contributed by atoms with van der Waals surface area (Å²) in [5.41, 5.74) is 5.02. The second-order valence-corrected chi connectivity index (χ2v) is 11.4. The van der Waals surface area contributed by atoms with Crippen LogP contribution in [0.1, 0.15) is 29.2 Å². The van der Waals surface area contributed by atoms with Crippen LogP contribution in [0.3, 0.4) is 0 Å². The molecule has 0 radical (unpaired) electrons. The van der Waals surface area contributed by atoms with Crippen molar-refractivity contribution in [1.29, 1.82) is 0 Å². The molecule has 0 N–H and O–H groups in total. The third kappa shape index (κ3) is 6.15. The summed E-state index contributed by atoms with van der Waals surface area (Å²) in [6.45, 7) is 7.01. The van der Waals surface area contributed by atoms with E-state index in [4.69, 9.17) is 14.5 Å². The van der Waals surface area contributed by atoms with E-state index in [-0.39, 0.29) is 5.91 Å². The second kappa shape index (κ2) is 11.8. The number of methoxy groups -OCH3 is 1. The molecule has 0 bridgehead atoms. The van der Waals surface area contributed by atoms with Crippen molar-refractivity contribution < 1.29 is 14.3 Å². The van der Waals surface area contributed by atoms with Crippen LogP contribution in [0.15, 0.2) is 69.0 Å². The fourth-order valence-electron chi connectivity index (χ4n) is 3.66. The molecule has 1 amide bonds. The van der Waals surface area contributed by atoms with Crippen molar-refractivity contribution in [3.63, 3.8) is 0 Å². The zero-order chi connectivity index (χ0) is 25.8. The first-order valence-corrected chi connectivity index (χ1v) is 14.1. The van der Waals surface area contributed by atoms with Crippen molar-refractivity contribution in [3.05, 3.63) is 89.8 Å². The zero-order valence-corrected chi connectivity index (χ0v) is 25.0. The monoisotopic (exact) mass is 676 g/mol. The molecule has 0 spiro atoms. The van der Waals surface area contributed by atoms with E-state index in [1.165, 1.54) is 11.8 Å². The summed E-state index contributed by atoms with van der Waals surface area (Å²) >= 11 is 7.10. The van der Waals surface area contributed by atoms with Gasteiger partial charge in [0.25, 0.3) is 5.91 Å². The fourth-order valence-corrected chi connectivity index (χ4v) is 5.76. The Labute approximate surface area is 238 Å². The minimum Gasteiger partial charge on any atom is -0.493 e. The van der Waals surface area contributed by atoms with Crippen LogP contribution in [0.25, 0.3) is 6.08 Å². The largest absolute Gasteiger partial charge is 0.493 e. The van der Waals surface area contributed by atoms with Gasteiger partial charge in [-0.3, -0.25) is 9.69 Å². The number of halogens is 2. The van der Waals surface area contributed by atoms with Crippen LogP contribution in [0, 0.1) is 17.4 Å². The Balaban J connectivity index is 1.60. The molecule has 1 fully saturated rings. The van der Waals surface area contributed by atoms with Crippen LogP contribution >= 0.6 is 50.3 Å². The maximum absolute atomic E-state index is 13.2. The number of rotatable bonds is 7. The van der Waals surface area contributed by atoms with Gasteiger partial charge in [-0.25, -0.2) is 4.99 Å². The quantitative estimate of drug-likeness (QED) is 0.189. The Bertz CT molecular complexity index is 1360. The number of thioether (sulfide) groups is 1. The van der Waals surface area contributed by atoms with E-state index in [1.54, 1.807) is 12.0 Å². The number of amidine groups is 1. The molecule has 186 valence electrons. The van der Waals surface area contributed by atoms with Gasteiger partial charge in [-0.05, 0) is 114 Å². The standard InChI is InChI=1S/C28H26BrIN2O3S/c1-5-32-27(33)25(36-28(32)31-23-12-17(2)6-7-18(23)3)15-20-13-22(30)26(24(14-20)34-4)35-16-19-8-10-21(29)11-9-19/h6-15H,5,16H2,1-4H3/b25-15+,31-28?. The van der Waals surface area contributed by atoms with Crippen molar-refractivity contribution in [3.8, 4) is 11.5 Å². The number of carbonyl (C=O) groups excluding carboxylic acids is 1. The number of benzene rings is 3. The van der Waals surface area contributed by atoms with E-state index in [0.717, 1.165) is 36.0 Å². The van der Waals surface area contributed by atoms with E-state index >= 15 is 0 Å². The highest BCUT2D eigenvalue weighted by atomic mass is 127. The summed E-state index contributed by atoms with van der Waals surface area (Å²) in [6, 6.07) is 18.1. The molecular formula is C28H26BrIN2O3S. The van der Waals surface area contributed by atoms with Gasteiger partial charge >= 0.3 is 0 Å². The SMILES string of the molecule is CCN1C(=O)/C(=C\c2cc(I)c(OCc3ccc(Br)cc3)c(OC)c2)SC1=Nc1cc(C)ccc1C. The molecule has 5 nitrogen and oxygen atoms in total. The van der Waals surface area contributed by atoms with Crippen LogP contribution in [0.2, 0.25) is 0 Å². The van der Waals surface area contributed by atoms with Crippen LogP contribution in [0.5, 0.6) is 11.5 Å². The Kier molecular flexibility index (Phi) is 8.79. The predicted octanol–water partition coefficient (Wildman–Crippen LogP) is 7.88. The van der Waals surface area contributed by atoms with Crippen molar-refractivity contribution in [2.45, 2.75) is 27.4 Å². The minimum atomic E-state index is -0.0453. The smallest absolute Gasteiger partial charge is 0.266 e. The van der Waals surface area contributed by atoms with Crippen molar-refractivity contribution in [1.82, 2.24) is 4.90 Å². The Hall–Kier alpha value is -2.30. The topological polar surface area (TPSA) is 51.1 Å². The molecule has 0 saturated carbocycles. The van der Waals surface area contributed by atoms with E-state index in [1.807, 2.05) is 69.3 Å². The highest BCUT2D eigenvalue weighted by Crippen LogP contribution is 2.38. The number of hydrogen-bond donors (Lipinski definition) is 0. The molecular weight excluding hydrogens is 651 g/mol. The third-order valence-corrected chi connectivity index (χ3v) is 7.97. The molecule has 0 atom stereocenters. The van der Waals surface area contributed by atoms with E-state index in [9.17, 15) is 4.79 Å². The highest BCUT2D eigenvalue weighted by Gasteiger charge is 2.32. The summed E-state index contributed by atoms with van der Waals surface area (Å²) in [6.07, 6.45) is 1.89. The maximum atomic E-state index is 13.2. The van der Waals surface area contributed by atoms with Crippen LogP contribution < -0.4 is 9.47 Å². The van der Waals surface area contributed by atoms with Crippen molar-refractivity contribution in [2.24, 2.45) is 4.99 Å². The summed E-state index contributed by atoms with van der Waals surface area (Å²) in [5, 5.41) is 0.693. The number of aliphatic imine (C=N–C) groups is 1. The molecule has 1 aliphatic rings. The molecule has 1 aliphatic heterocycles. The second-order valence-electron chi connectivity index (χ2n) is 8.29. The Morgan fingerprint density at radius 2 is 1.86 bits per heavy atom. The van der Waals surface area contributed by atoms with Gasteiger partial charge in [0, 0.05) is 11.0 Å². The molecule has 0 aromatic heterocycles. The van der Waals surface area contributed by atoms with Crippen molar-refractivity contribution in [2.75, 3.05) is 13.7 Å². The molecule has 1 saturated heterocycles. The summed E-state index contributed by atoms with van der Waals surface area (Å²) < 4.78 is 13.7. The molecule has 3 aromatic rings. The van der Waals surface area contributed by atoms with Crippen molar-refractivity contribution >= 4 is 73.1 Å². The first-order chi connectivity index (χ1) is 17.3.